The summed E-state index contributed by atoms with van der Waals surface area (Å²) in [6.07, 6.45) is 2.79. The molecule has 5 unspecified atom stereocenters. The van der Waals surface area contributed by atoms with Gasteiger partial charge >= 0.3 is 0 Å². The number of hydrogen-bond donors (Lipinski definition) is 3. The quantitative estimate of drug-likeness (QED) is 0.777. The SMILES string of the molecule is NC1C2CCC(C2)C1C(=O)NCC(O)c1ccsc1. The van der Waals surface area contributed by atoms with Crippen molar-refractivity contribution in [1.82, 2.24) is 5.32 Å². The first-order valence-electron chi connectivity index (χ1n) is 6.90. The van der Waals surface area contributed by atoms with Gasteiger partial charge in [-0.2, -0.15) is 11.3 Å². The van der Waals surface area contributed by atoms with Crippen molar-refractivity contribution >= 4 is 17.2 Å². The molecule has 1 amide bonds. The smallest absolute Gasteiger partial charge is 0.225 e. The number of nitrogens with two attached hydrogens (primary N) is 1. The third-order valence-corrected chi connectivity index (χ3v) is 5.38. The first-order chi connectivity index (χ1) is 9.16. The van der Waals surface area contributed by atoms with Crippen LogP contribution in [0.15, 0.2) is 16.8 Å². The van der Waals surface area contributed by atoms with Crippen molar-refractivity contribution in [2.45, 2.75) is 31.4 Å². The molecule has 19 heavy (non-hydrogen) atoms. The number of hydrogen-bond acceptors (Lipinski definition) is 4. The van der Waals surface area contributed by atoms with Gasteiger partial charge in [0.25, 0.3) is 0 Å². The summed E-state index contributed by atoms with van der Waals surface area (Å²) in [5, 5.41) is 16.6. The summed E-state index contributed by atoms with van der Waals surface area (Å²) >= 11 is 1.54. The van der Waals surface area contributed by atoms with Gasteiger partial charge in [0.15, 0.2) is 0 Å². The van der Waals surface area contributed by atoms with Crippen LogP contribution in [0.3, 0.4) is 0 Å². The van der Waals surface area contributed by atoms with Gasteiger partial charge in [-0.05, 0) is 53.5 Å². The van der Waals surface area contributed by atoms with Crippen molar-refractivity contribution in [3.8, 4) is 0 Å². The Morgan fingerprint density at radius 3 is 2.95 bits per heavy atom. The van der Waals surface area contributed by atoms with Crippen LogP contribution in [0.4, 0.5) is 0 Å². The van der Waals surface area contributed by atoms with Crippen LogP contribution < -0.4 is 11.1 Å². The van der Waals surface area contributed by atoms with E-state index in [4.69, 9.17) is 5.73 Å². The average molecular weight is 280 g/mol. The lowest BCUT2D eigenvalue weighted by Crippen LogP contribution is -2.46. The van der Waals surface area contributed by atoms with Crippen LogP contribution in [0.5, 0.6) is 0 Å². The molecule has 4 N–H and O–H groups in total. The van der Waals surface area contributed by atoms with Crippen molar-refractivity contribution < 1.29 is 9.90 Å². The van der Waals surface area contributed by atoms with Crippen LogP contribution in [-0.2, 0) is 4.79 Å². The van der Waals surface area contributed by atoms with E-state index in [0.29, 0.717) is 11.8 Å². The monoisotopic (exact) mass is 280 g/mol. The second-order valence-corrected chi connectivity index (χ2v) is 6.53. The molecule has 3 rings (SSSR count). The lowest BCUT2D eigenvalue weighted by atomic mass is 9.84. The molecule has 104 valence electrons. The number of fused-ring (bicyclic) bond motifs is 2. The summed E-state index contributed by atoms with van der Waals surface area (Å²) in [4.78, 5) is 12.2. The van der Waals surface area contributed by atoms with Gasteiger partial charge in [-0.15, -0.1) is 0 Å². The molecule has 0 radical (unpaired) electrons. The van der Waals surface area contributed by atoms with E-state index in [9.17, 15) is 9.90 Å². The van der Waals surface area contributed by atoms with Crippen LogP contribution in [0.25, 0.3) is 0 Å². The second kappa shape index (κ2) is 5.23. The Labute approximate surface area is 117 Å². The zero-order valence-corrected chi connectivity index (χ0v) is 11.6. The Balaban J connectivity index is 1.54. The molecule has 0 aromatic carbocycles. The molecule has 2 aliphatic carbocycles. The predicted molar refractivity (Wildman–Crippen MR) is 74.6 cm³/mol. The van der Waals surface area contributed by atoms with Crippen molar-refractivity contribution in [2.24, 2.45) is 23.5 Å². The number of rotatable bonds is 4. The molecule has 2 saturated carbocycles. The highest BCUT2D eigenvalue weighted by Crippen LogP contribution is 2.47. The minimum atomic E-state index is -0.620. The number of amides is 1. The maximum Gasteiger partial charge on any atom is 0.225 e. The molecule has 1 aromatic heterocycles. The lowest BCUT2D eigenvalue weighted by molar-refractivity contribution is -0.127. The van der Waals surface area contributed by atoms with Crippen molar-refractivity contribution in [3.63, 3.8) is 0 Å². The highest BCUT2D eigenvalue weighted by Gasteiger charge is 2.48. The average Bonchev–Trinajstić information content (AvgIpc) is 3.11. The van der Waals surface area contributed by atoms with Crippen LogP contribution in [-0.4, -0.2) is 23.6 Å². The van der Waals surface area contributed by atoms with Gasteiger partial charge in [-0.25, -0.2) is 0 Å². The number of carbonyl (C=O) groups is 1. The third kappa shape index (κ3) is 2.42. The predicted octanol–water partition coefficient (Wildman–Crippen LogP) is 1.27. The van der Waals surface area contributed by atoms with Gasteiger partial charge in [0.05, 0.1) is 12.0 Å². The molecule has 5 heteroatoms. The van der Waals surface area contributed by atoms with Crippen LogP contribution in [0.1, 0.15) is 30.9 Å². The van der Waals surface area contributed by atoms with E-state index >= 15 is 0 Å². The molecule has 0 saturated heterocycles. The number of nitrogens with one attached hydrogen (secondary N) is 1. The van der Waals surface area contributed by atoms with E-state index in [1.54, 1.807) is 11.3 Å². The normalized spacial score (nSPS) is 34.4. The zero-order chi connectivity index (χ0) is 13.4. The van der Waals surface area contributed by atoms with E-state index in [-0.39, 0.29) is 24.4 Å². The molecular weight excluding hydrogens is 260 g/mol. The van der Waals surface area contributed by atoms with Crippen molar-refractivity contribution in [1.29, 1.82) is 0 Å². The first kappa shape index (κ1) is 13.1. The molecule has 2 bridgehead atoms. The van der Waals surface area contributed by atoms with Crippen molar-refractivity contribution in [2.75, 3.05) is 6.54 Å². The Hall–Kier alpha value is -0.910. The molecular formula is C14H20N2O2S. The molecule has 2 fully saturated rings. The Kier molecular flexibility index (Phi) is 3.60. The van der Waals surface area contributed by atoms with E-state index in [2.05, 4.69) is 5.32 Å². The topological polar surface area (TPSA) is 75.4 Å². The van der Waals surface area contributed by atoms with Gasteiger partial charge < -0.3 is 16.2 Å². The van der Waals surface area contributed by atoms with Crippen LogP contribution in [0.2, 0.25) is 0 Å². The second-order valence-electron chi connectivity index (χ2n) is 5.75. The molecule has 1 aromatic rings. The van der Waals surface area contributed by atoms with Crippen LogP contribution >= 0.6 is 11.3 Å². The maximum absolute atomic E-state index is 12.2. The largest absolute Gasteiger partial charge is 0.387 e. The Bertz CT molecular complexity index is 446. The van der Waals surface area contributed by atoms with Crippen LogP contribution in [0, 0.1) is 17.8 Å². The molecule has 1 heterocycles. The lowest BCUT2D eigenvalue weighted by Gasteiger charge is -2.27. The standard InChI is InChI=1S/C14H20N2O2S/c15-13-9-2-1-8(5-9)12(13)14(18)16-6-11(17)10-3-4-19-7-10/h3-4,7-9,11-13,17H,1-2,5-6,15H2,(H,16,18). The fraction of sp³-hybridized carbons (Fsp3) is 0.643. The van der Waals surface area contributed by atoms with E-state index in [0.717, 1.165) is 18.4 Å². The highest BCUT2D eigenvalue weighted by molar-refractivity contribution is 7.07. The first-order valence-corrected chi connectivity index (χ1v) is 7.84. The van der Waals surface area contributed by atoms with Gasteiger partial charge in [0.1, 0.15) is 0 Å². The summed E-state index contributed by atoms with van der Waals surface area (Å²) in [5.41, 5.74) is 7.01. The maximum atomic E-state index is 12.2. The van der Waals surface area contributed by atoms with Gasteiger partial charge in [0, 0.05) is 12.6 Å². The number of aliphatic hydroxyl groups excluding tert-OH is 1. The molecule has 2 aliphatic rings. The summed E-state index contributed by atoms with van der Waals surface area (Å²) < 4.78 is 0. The summed E-state index contributed by atoms with van der Waals surface area (Å²) in [5.74, 6) is 0.961. The van der Waals surface area contributed by atoms with E-state index < -0.39 is 6.10 Å². The van der Waals surface area contributed by atoms with Gasteiger partial charge in [-0.3, -0.25) is 4.79 Å². The van der Waals surface area contributed by atoms with Gasteiger partial charge in [-0.1, -0.05) is 0 Å². The zero-order valence-electron chi connectivity index (χ0n) is 10.8. The fourth-order valence-electron chi connectivity index (χ4n) is 3.62. The van der Waals surface area contributed by atoms with E-state index in [1.165, 1.54) is 6.42 Å². The summed E-state index contributed by atoms with van der Waals surface area (Å²) in [6, 6.07) is 1.89. The van der Waals surface area contributed by atoms with E-state index in [1.807, 2.05) is 16.8 Å². The minimum Gasteiger partial charge on any atom is -0.387 e. The molecule has 0 spiro atoms. The fourth-order valence-corrected chi connectivity index (χ4v) is 4.33. The number of thiophene rings is 1. The Morgan fingerprint density at radius 1 is 1.53 bits per heavy atom. The summed E-state index contributed by atoms with van der Waals surface area (Å²) in [6.45, 7) is 0.274. The molecule has 0 aliphatic heterocycles. The molecule has 4 nitrogen and oxygen atoms in total. The number of carbonyl (C=O) groups excluding carboxylic acids is 1. The minimum absolute atomic E-state index is 0.0111. The third-order valence-electron chi connectivity index (χ3n) is 4.68. The number of aliphatic hydroxyl groups is 1. The Morgan fingerprint density at radius 2 is 2.32 bits per heavy atom. The highest BCUT2D eigenvalue weighted by atomic mass is 32.1. The summed E-state index contributed by atoms with van der Waals surface area (Å²) in [7, 11) is 0. The molecule has 5 atom stereocenters. The van der Waals surface area contributed by atoms with Gasteiger partial charge in [0.2, 0.25) is 5.91 Å². The van der Waals surface area contributed by atoms with Crippen molar-refractivity contribution in [3.05, 3.63) is 22.4 Å².